The second kappa shape index (κ2) is 5.67. The largest absolute Gasteiger partial charge is 0.113 e. The monoisotopic (exact) mass is 332 g/mol. The fourth-order valence-electron chi connectivity index (χ4n) is 4.05. The van der Waals surface area contributed by atoms with Gasteiger partial charge in [0.05, 0.1) is 4.75 Å². The third-order valence-corrected chi connectivity index (χ3v) is 6.94. The smallest absolute Gasteiger partial charge is 0.0536 e. The third-order valence-electron chi connectivity index (χ3n) is 5.48. The van der Waals surface area contributed by atoms with E-state index in [-0.39, 0.29) is 4.75 Å². The second-order valence-electron chi connectivity index (χ2n) is 7.42. The van der Waals surface area contributed by atoms with E-state index < -0.39 is 0 Å². The predicted octanol–water partition coefficient (Wildman–Crippen LogP) is 6.72. The maximum absolute atomic E-state index is 2.41. The lowest BCUT2D eigenvalue weighted by atomic mass is 9.75. The molecule has 1 aliphatic carbocycles. The van der Waals surface area contributed by atoms with Crippen LogP contribution >= 0.6 is 11.8 Å². The minimum Gasteiger partial charge on any atom is -0.113 e. The highest BCUT2D eigenvalue weighted by Crippen LogP contribution is 2.60. The highest BCUT2D eigenvalue weighted by molar-refractivity contribution is 8.01. The average Bonchev–Trinajstić information content (AvgIpc) is 2.88. The first kappa shape index (κ1) is 15.8. The molecule has 0 fully saturated rings. The Balaban J connectivity index is 1.77. The highest BCUT2D eigenvalue weighted by atomic mass is 32.2. The molecule has 0 N–H and O–H groups in total. The second-order valence-corrected chi connectivity index (χ2v) is 8.91. The van der Waals surface area contributed by atoms with Crippen LogP contribution in [0.1, 0.15) is 54.9 Å². The molecular formula is C23H24S. The van der Waals surface area contributed by atoms with Gasteiger partial charge in [-0.3, -0.25) is 0 Å². The van der Waals surface area contributed by atoms with Crippen LogP contribution in [0.5, 0.6) is 0 Å². The van der Waals surface area contributed by atoms with E-state index in [1.165, 1.54) is 32.7 Å². The van der Waals surface area contributed by atoms with Crippen LogP contribution in [0.4, 0.5) is 0 Å². The number of rotatable bonds is 2. The normalized spacial score (nSPS) is 24.7. The van der Waals surface area contributed by atoms with Gasteiger partial charge in [-0.2, -0.15) is 0 Å². The summed E-state index contributed by atoms with van der Waals surface area (Å²) in [7, 11) is 0. The Hall–Kier alpha value is -1.73. The summed E-state index contributed by atoms with van der Waals surface area (Å²) in [5.41, 5.74) is 7.16. The summed E-state index contributed by atoms with van der Waals surface area (Å²) in [6.07, 6.45) is 6.95. The van der Waals surface area contributed by atoms with Crippen LogP contribution in [-0.2, 0) is 0 Å². The number of benzene rings is 2. The zero-order valence-corrected chi connectivity index (χ0v) is 15.7. The van der Waals surface area contributed by atoms with Gasteiger partial charge in [-0.05, 0) is 53.7 Å². The number of hydrogen-bond donors (Lipinski definition) is 0. The Morgan fingerprint density at radius 3 is 2.50 bits per heavy atom. The van der Waals surface area contributed by atoms with Gasteiger partial charge in [0.1, 0.15) is 0 Å². The number of thioether (sulfide) groups is 1. The summed E-state index contributed by atoms with van der Waals surface area (Å²) in [5, 5.41) is 0. The number of aryl methyl sites for hydroxylation is 1. The lowest BCUT2D eigenvalue weighted by Gasteiger charge is -2.35. The van der Waals surface area contributed by atoms with Gasteiger partial charge in [-0.1, -0.05) is 68.5 Å². The van der Waals surface area contributed by atoms with Crippen LogP contribution < -0.4 is 0 Å². The molecule has 0 spiro atoms. The molecule has 1 unspecified atom stereocenters. The average molecular weight is 333 g/mol. The van der Waals surface area contributed by atoms with Crippen molar-refractivity contribution in [1.29, 1.82) is 0 Å². The lowest BCUT2D eigenvalue weighted by molar-refractivity contribution is 0.710. The number of fused-ring (bicyclic) bond motifs is 3. The highest BCUT2D eigenvalue weighted by Gasteiger charge is 2.46. The standard InChI is InChI=1S/C23H24S/c1-15(2)17-11-13-18(14-12-17)19-8-6-9-20-22-16(3)7-5-10-21(22)24-23(19,20)4/h5-15,19H,1-4H3/t19?,23-/m1/s1. The van der Waals surface area contributed by atoms with E-state index in [0.717, 1.165) is 0 Å². The molecule has 2 atom stereocenters. The van der Waals surface area contributed by atoms with Crippen molar-refractivity contribution in [3.05, 3.63) is 82.9 Å². The van der Waals surface area contributed by atoms with E-state index in [9.17, 15) is 0 Å². The van der Waals surface area contributed by atoms with Crippen molar-refractivity contribution in [3.63, 3.8) is 0 Å². The van der Waals surface area contributed by atoms with Gasteiger partial charge in [-0.25, -0.2) is 0 Å². The zero-order chi connectivity index (χ0) is 16.9. The van der Waals surface area contributed by atoms with Crippen molar-refractivity contribution in [2.75, 3.05) is 0 Å². The van der Waals surface area contributed by atoms with Crippen LogP contribution in [0, 0.1) is 6.92 Å². The van der Waals surface area contributed by atoms with Gasteiger partial charge in [0.2, 0.25) is 0 Å². The fourth-order valence-corrected chi connectivity index (χ4v) is 5.64. The Morgan fingerprint density at radius 2 is 1.79 bits per heavy atom. The van der Waals surface area contributed by atoms with Crippen LogP contribution in [0.2, 0.25) is 0 Å². The van der Waals surface area contributed by atoms with Gasteiger partial charge >= 0.3 is 0 Å². The molecule has 1 heteroatoms. The van der Waals surface area contributed by atoms with Crippen molar-refractivity contribution in [1.82, 2.24) is 0 Å². The lowest BCUT2D eigenvalue weighted by Crippen LogP contribution is -2.28. The summed E-state index contributed by atoms with van der Waals surface area (Å²) in [6.45, 7) is 9.15. The summed E-state index contributed by atoms with van der Waals surface area (Å²) in [6, 6.07) is 15.9. The molecular weight excluding hydrogens is 308 g/mol. The first-order valence-electron chi connectivity index (χ1n) is 8.78. The van der Waals surface area contributed by atoms with E-state index in [4.69, 9.17) is 0 Å². The summed E-state index contributed by atoms with van der Waals surface area (Å²) >= 11 is 2.03. The summed E-state index contributed by atoms with van der Waals surface area (Å²) < 4.78 is 0.0859. The molecule has 24 heavy (non-hydrogen) atoms. The topological polar surface area (TPSA) is 0 Å². The zero-order valence-electron chi connectivity index (χ0n) is 14.8. The summed E-state index contributed by atoms with van der Waals surface area (Å²) in [5.74, 6) is 0.996. The van der Waals surface area contributed by atoms with Crippen molar-refractivity contribution in [2.45, 2.75) is 49.2 Å². The molecule has 2 aliphatic rings. The predicted molar refractivity (Wildman–Crippen MR) is 106 cm³/mol. The Bertz CT molecular complexity index is 839. The number of allylic oxidation sites excluding steroid dienone is 3. The Labute approximate surface area is 149 Å². The molecule has 0 aromatic heterocycles. The van der Waals surface area contributed by atoms with Crippen LogP contribution in [-0.4, -0.2) is 4.75 Å². The van der Waals surface area contributed by atoms with Gasteiger partial charge < -0.3 is 0 Å². The van der Waals surface area contributed by atoms with Gasteiger partial charge in [0.15, 0.2) is 0 Å². The molecule has 4 rings (SSSR count). The van der Waals surface area contributed by atoms with Gasteiger partial charge in [0.25, 0.3) is 0 Å². The van der Waals surface area contributed by atoms with E-state index >= 15 is 0 Å². The van der Waals surface area contributed by atoms with Crippen molar-refractivity contribution in [3.8, 4) is 0 Å². The molecule has 1 aliphatic heterocycles. The molecule has 0 radical (unpaired) electrons. The van der Waals surface area contributed by atoms with Crippen molar-refractivity contribution in [2.24, 2.45) is 0 Å². The molecule has 0 amide bonds. The maximum Gasteiger partial charge on any atom is 0.0536 e. The van der Waals surface area contributed by atoms with Crippen LogP contribution in [0.25, 0.3) is 5.57 Å². The number of hydrogen-bond acceptors (Lipinski definition) is 1. The molecule has 0 saturated heterocycles. The summed E-state index contributed by atoms with van der Waals surface area (Å²) in [4.78, 5) is 1.43. The van der Waals surface area contributed by atoms with Crippen LogP contribution in [0.15, 0.2) is 65.6 Å². The van der Waals surface area contributed by atoms with Crippen molar-refractivity contribution >= 4 is 17.3 Å². The fraction of sp³-hybridized carbons (Fsp3) is 0.304. The maximum atomic E-state index is 2.41. The molecule has 122 valence electrons. The molecule has 2 aromatic carbocycles. The quantitative estimate of drug-likeness (QED) is 0.588. The van der Waals surface area contributed by atoms with Crippen molar-refractivity contribution < 1.29 is 0 Å². The van der Waals surface area contributed by atoms with Crippen LogP contribution in [0.3, 0.4) is 0 Å². The van der Waals surface area contributed by atoms with E-state index in [0.29, 0.717) is 11.8 Å². The Morgan fingerprint density at radius 1 is 1.04 bits per heavy atom. The van der Waals surface area contributed by atoms with E-state index in [2.05, 4.69) is 88.4 Å². The Kier molecular flexibility index (Phi) is 3.73. The third kappa shape index (κ3) is 2.29. The van der Waals surface area contributed by atoms with E-state index in [1.807, 2.05) is 11.8 Å². The van der Waals surface area contributed by atoms with E-state index in [1.54, 1.807) is 0 Å². The molecule has 0 saturated carbocycles. The first-order chi connectivity index (χ1) is 11.5. The first-order valence-corrected chi connectivity index (χ1v) is 9.60. The molecule has 0 bridgehead atoms. The van der Waals surface area contributed by atoms with Gasteiger partial charge in [0, 0.05) is 10.8 Å². The minimum atomic E-state index is 0.0859. The molecule has 1 heterocycles. The van der Waals surface area contributed by atoms with Gasteiger partial charge in [-0.15, -0.1) is 11.8 Å². The SMILES string of the molecule is Cc1cccc2c1C1=CC=CC(c3ccc(C(C)C)cc3)[C@@]1(C)S2. The minimum absolute atomic E-state index is 0.0859. The molecule has 0 nitrogen and oxygen atoms in total. The molecule has 2 aromatic rings.